The highest BCUT2D eigenvalue weighted by atomic mass is 32.1. The number of carboxylic acid groups (broad SMARTS) is 1. The van der Waals surface area contributed by atoms with E-state index in [1.54, 1.807) is 5.38 Å². The SMILES string of the molecule is C=C(Nc1nc(CC(=O)O)cs1)c1ccc(CNc2ccc(C)cc2CCCC)cc1. The zero-order valence-corrected chi connectivity index (χ0v) is 18.9. The fourth-order valence-electron chi connectivity index (χ4n) is 3.29. The van der Waals surface area contributed by atoms with Gasteiger partial charge in [-0.15, -0.1) is 11.3 Å². The number of benzene rings is 2. The van der Waals surface area contributed by atoms with Gasteiger partial charge in [0.1, 0.15) is 0 Å². The van der Waals surface area contributed by atoms with Gasteiger partial charge >= 0.3 is 5.97 Å². The number of hydrogen-bond donors (Lipinski definition) is 3. The molecule has 0 spiro atoms. The highest BCUT2D eigenvalue weighted by Gasteiger charge is 2.08. The first-order chi connectivity index (χ1) is 14.9. The number of rotatable bonds is 11. The van der Waals surface area contributed by atoms with E-state index in [0.29, 0.717) is 10.8 Å². The van der Waals surface area contributed by atoms with E-state index in [2.05, 4.69) is 66.4 Å². The molecule has 3 N–H and O–H groups in total. The van der Waals surface area contributed by atoms with Crippen LogP contribution in [0.25, 0.3) is 5.70 Å². The van der Waals surface area contributed by atoms with E-state index in [0.717, 1.165) is 24.2 Å². The standard InChI is InChI=1S/C25H29N3O2S/c1-4-5-6-21-13-17(2)7-12-23(21)26-15-19-8-10-20(11-9-19)18(3)27-25-28-22(16-31-25)14-24(29)30/h7-13,16,26H,3-6,14-15H2,1-2H3,(H,27,28)(H,29,30). The molecule has 0 fully saturated rings. The number of nitrogens with zero attached hydrogens (tertiary/aromatic N) is 1. The number of carboxylic acids is 1. The van der Waals surface area contributed by atoms with E-state index in [1.165, 1.54) is 46.6 Å². The Morgan fingerprint density at radius 1 is 1.19 bits per heavy atom. The van der Waals surface area contributed by atoms with Gasteiger partial charge in [-0.25, -0.2) is 4.98 Å². The number of thiazole rings is 1. The molecular weight excluding hydrogens is 406 g/mol. The van der Waals surface area contributed by atoms with Crippen LogP contribution in [0.3, 0.4) is 0 Å². The molecule has 0 aliphatic carbocycles. The lowest BCUT2D eigenvalue weighted by atomic mass is 10.0. The fraction of sp³-hybridized carbons (Fsp3) is 0.280. The maximum absolute atomic E-state index is 10.8. The zero-order valence-electron chi connectivity index (χ0n) is 18.1. The Balaban J connectivity index is 1.58. The Morgan fingerprint density at radius 2 is 1.97 bits per heavy atom. The molecule has 5 nitrogen and oxygen atoms in total. The second-order valence-corrected chi connectivity index (χ2v) is 8.49. The molecule has 1 heterocycles. The topological polar surface area (TPSA) is 74.2 Å². The van der Waals surface area contributed by atoms with E-state index >= 15 is 0 Å². The number of aromatic nitrogens is 1. The minimum atomic E-state index is -0.886. The Hall–Kier alpha value is -3.12. The van der Waals surface area contributed by atoms with Gasteiger partial charge < -0.3 is 15.7 Å². The second kappa shape index (κ2) is 10.8. The van der Waals surface area contributed by atoms with Gasteiger partial charge in [0.15, 0.2) is 5.13 Å². The first-order valence-electron chi connectivity index (χ1n) is 10.5. The molecule has 0 saturated heterocycles. The van der Waals surface area contributed by atoms with Crippen LogP contribution in [-0.2, 0) is 24.2 Å². The van der Waals surface area contributed by atoms with Gasteiger partial charge in [0.25, 0.3) is 0 Å². The number of hydrogen-bond acceptors (Lipinski definition) is 5. The second-order valence-electron chi connectivity index (χ2n) is 7.63. The Bertz CT molecular complexity index is 1040. The largest absolute Gasteiger partial charge is 0.481 e. The molecule has 0 aliphatic heterocycles. The lowest BCUT2D eigenvalue weighted by Crippen LogP contribution is -2.04. The summed E-state index contributed by atoms with van der Waals surface area (Å²) in [4.78, 5) is 15.1. The molecular formula is C25H29N3O2S. The summed E-state index contributed by atoms with van der Waals surface area (Å²) in [6, 6.07) is 14.8. The molecule has 3 aromatic rings. The number of aliphatic carboxylic acids is 1. The Morgan fingerprint density at radius 3 is 2.68 bits per heavy atom. The third-order valence-electron chi connectivity index (χ3n) is 4.99. The van der Waals surface area contributed by atoms with Crippen molar-refractivity contribution in [1.82, 2.24) is 4.98 Å². The van der Waals surface area contributed by atoms with Crippen LogP contribution in [0.1, 0.15) is 47.7 Å². The highest BCUT2D eigenvalue weighted by Crippen LogP contribution is 2.23. The predicted octanol–water partition coefficient (Wildman–Crippen LogP) is 6.12. The van der Waals surface area contributed by atoms with Crippen molar-refractivity contribution in [2.75, 3.05) is 10.6 Å². The molecule has 0 saturated carbocycles. The summed E-state index contributed by atoms with van der Waals surface area (Å²) in [6.07, 6.45) is 3.40. The van der Waals surface area contributed by atoms with Crippen molar-refractivity contribution in [3.63, 3.8) is 0 Å². The number of anilines is 2. The van der Waals surface area contributed by atoms with Gasteiger partial charge in [-0.3, -0.25) is 4.79 Å². The van der Waals surface area contributed by atoms with Gasteiger partial charge in [0.05, 0.1) is 12.1 Å². The van der Waals surface area contributed by atoms with Gasteiger partial charge in [0.2, 0.25) is 0 Å². The monoisotopic (exact) mass is 435 g/mol. The van der Waals surface area contributed by atoms with Crippen molar-refractivity contribution in [2.24, 2.45) is 0 Å². The zero-order chi connectivity index (χ0) is 22.2. The molecule has 0 radical (unpaired) electrons. The first kappa shape index (κ1) is 22.6. The molecule has 0 bridgehead atoms. The number of carbonyl (C=O) groups is 1. The molecule has 2 aromatic carbocycles. The van der Waals surface area contributed by atoms with Crippen molar-refractivity contribution in [3.8, 4) is 0 Å². The van der Waals surface area contributed by atoms with Crippen molar-refractivity contribution in [2.45, 2.75) is 46.1 Å². The van der Waals surface area contributed by atoms with E-state index in [4.69, 9.17) is 5.11 Å². The van der Waals surface area contributed by atoms with E-state index in [9.17, 15) is 4.79 Å². The summed E-state index contributed by atoms with van der Waals surface area (Å²) < 4.78 is 0. The number of aryl methyl sites for hydroxylation is 2. The molecule has 1 aromatic heterocycles. The molecule has 3 rings (SSSR count). The summed E-state index contributed by atoms with van der Waals surface area (Å²) in [5, 5.41) is 18.0. The lowest BCUT2D eigenvalue weighted by molar-refractivity contribution is -0.136. The van der Waals surface area contributed by atoms with Crippen LogP contribution in [0.4, 0.5) is 10.8 Å². The highest BCUT2D eigenvalue weighted by molar-refractivity contribution is 7.13. The van der Waals surface area contributed by atoms with Gasteiger partial charge in [0, 0.05) is 23.3 Å². The smallest absolute Gasteiger partial charge is 0.309 e. The third kappa shape index (κ3) is 6.69. The first-order valence-corrected chi connectivity index (χ1v) is 11.4. The summed E-state index contributed by atoms with van der Waals surface area (Å²) in [5.41, 5.74) is 7.31. The summed E-state index contributed by atoms with van der Waals surface area (Å²) >= 11 is 1.37. The third-order valence-corrected chi connectivity index (χ3v) is 5.79. The van der Waals surface area contributed by atoms with Crippen LogP contribution < -0.4 is 10.6 Å². The van der Waals surface area contributed by atoms with E-state index < -0.39 is 5.97 Å². The maximum atomic E-state index is 10.8. The molecule has 162 valence electrons. The molecule has 0 unspecified atom stereocenters. The molecule has 0 aliphatic rings. The average Bonchev–Trinajstić information content (AvgIpc) is 3.17. The quantitative estimate of drug-likeness (QED) is 0.338. The van der Waals surface area contributed by atoms with Gasteiger partial charge in [-0.05, 0) is 42.5 Å². The van der Waals surface area contributed by atoms with Crippen LogP contribution in [0, 0.1) is 6.92 Å². The molecule has 0 amide bonds. The van der Waals surface area contributed by atoms with E-state index in [-0.39, 0.29) is 6.42 Å². The Labute approximate surface area is 187 Å². The fourth-order valence-corrected chi connectivity index (χ4v) is 4.03. The minimum Gasteiger partial charge on any atom is -0.481 e. The lowest BCUT2D eigenvalue weighted by Gasteiger charge is -2.14. The van der Waals surface area contributed by atoms with Crippen molar-refractivity contribution in [1.29, 1.82) is 0 Å². The van der Waals surface area contributed by atoms with E-state index in [1.807, 2.05) is 12.1 Å². The molecule has 0 atom stereocenters. The van der Waals surface area contributed by atoms with Crippen LogP contribution >= 0.6 is 11.3 Å². The van der Waals surface area contributed by atoms with Gasteiger partial charge in [-0.2, -0.15) is 0 Å². The van der Waals surface area contributed by atoms with Crippen molar-refractivity contribution >= 4 is 33.8 Å². The maximum Gasteiger partial charge on any atom is 0.309 e. The summed E-state index contributed by atoms with van der Waals surface area (Å²) in [7, 11) is 0. The van der Waals surface area contributed by atoms with Crippen molar-refractivity contribution < 1.29 is 9.90 Å². The summed E-state index contributed by atoms with van der Waals surface area (Å²) in [5.74, 6) is -0.886. The summed E-state index contributed by atoms with van der Waals surface area (Å²) in [6.45, 7) is 9.20. The Kier molecular flexibility index (Phi) is 7.84. The number of nitrogens with one attached hydrogen (secondary N) is 2. The van der Waals surface area contributed by atoms with Crippen LogP contribution in [0.5, 0.6) is 0 Å². The van der Waals surface area contributed by atoms with Crippen LogP contribution in [-0.4, -0.2) is 16.1 Å². The van der Waals surface area contributed by atoms with Crippen LogP contribution in [0.2, 0.25) is 0 Å². The predicted molar refractivity (Wildman–Crippen MR) is 130 cm³/mol. The van der Waals surface area contributed by atoms with Gasteiger partial charge in [-0.1, -0.05) is 61.9 Å². The molecule has 6 heteroatoms. The number of unbranched alkanes of at least 4 members (excludes halogenated alkanes) is 1. The van der Waals surface area contributed by atoms with Crippen LogP contribution in [0.15, 0.2) is 54.4 Å². The normalized spacial score (nSPS) is 10.6. The minimum absolute atomic E-state index is 0.0759. The molecule has 31 heavy (non-hydrogen) atoms. The average molecular weight is 436 g/mol. The van der Waals surface area contributed by atoms with Crippen molar-refractivity contribution in [3.05, 3.63) is 82.4 Å².